The highest BCUT2D eigenvalue weighted by Gasteiger charge is 2.39. The van der Waals surface area contributed by atoms with Crippen LogP contribution in [0.3, 0.4) is 0 Å². The van der Waals surface area contributed by atoms with Crippen molar-refractivity contribution in [2.24, 2.45) is 11.7 Å². The van der Waals surface area contributed by atoms with Crippen LogP contribution in [0, 0.1) is 28.6 Å². The van der Waals surface area contributed by atoms with Crippen LogP contribution in [0.25, 0.3) is 0 Å². The first-order chi connectivity index (χ1) is 8.19. The van der Waals surface area contributed by atoms with E-state index in [1.54, 1.807) is 12.4 Å². The molecule has 88 valence electrons. The highest BCUT2D eigenvalue weighted by atomic mass is 15.1. The van der Waals surface area contributed by atoms with Crippen LogP contribution in [0.15, 0.2) is 12.4 Å². The minimum atomic E-state index is -0.673. The number of nitrogens with two attached hydrogens (primary N) is 1. The Hall–Kier alpha value is -1.85. The monoisotopic (exact) mass is 229 g/mol. The van der Waals surface area contributed by atoms with Crippen molar-refractivity contribution in [3.63, 3.8) is 0 Å². The van der Waals surface area contributed by atoms with Gasteiger partial charge in [-0.1, -0.05) is 6.42 Å². The van der Waals surface area contributed by atoms with Crippen molar-refractivity contribution in [2.75, 3.05) is 0 Å². The van der Waals surface area contributed by atoms with E-state index in [4.69, 9.17) is 16.3 Å². The fraction of sp³-hybridized carbons (Fsp3) is 0.583. The van der Waals surface area contributed by atoms with E-state index in [0.717, 1.165) is 25.7 Å². The smallest absolute Gasteiger partial charge is 0.212 e. The number of aryl methyl sites for hydroxylation is 1. The Morgan fingerprint density at radius 3 is 3.12 bits per heavy atom. The molecule has 0 bridgehead atoms. The molecule has 1 aliphatic rings. The third kappa shape index (κ3) is 2.15. The summed E-state index contributed by atoms with van der Waals surface area (Å²) < 4.78 is 1.82. The lowest BCUT2D eigenvalue weighted by Crippen LogP contribution is -2.42. The molecule has 1 heterocycles. The molecule has 2 atom stereocenters. The molecular formula is C12H15N5. The van der Waals surface area contributed by atoms with Gasteiger partial charge in [0.05, 0.1) is 6.07 Å². The minimum Gasteiger partial charge on any atom is -0.323 e. The number of rotatable bonds is 3. The lowest BCUT2D eigenvalue weighted by atomic mass is 9.87. The van der Waals surface area contributed by atoms with Gasteiger partial charge in [0, 0.05) is 18.9 Å². The third-order valence-electron chi connectivity index (χ3n) is 3.61. The number of aromatic nitrogens is 2. The lowest BCUT2D eigenvalue weighted by Gasteiger charge is -2.23. The third-order valence-corrected chi connectivity index (χ3v) is 3.61. The second-order valence-electron chi connectivity index (χ2n) is 4.59. The number of hydrogen-bond donors (Lipinski definition) is 1. The summed E-state index contributed by atoms with van der Waals surface area (Å²) in [5.41, 5.74) is 5.39. The van der Waals surface area contributed by atoms with Gasteiger partial charge >= 0.3 is 0 Å². The van der Waals surface area contributed by atoms with Crippen molar-refractivity contribution in [1.29, 1.82) is 10.5 Å². The Morgan fingerprint density at radius 1 is 1.59 bits per heavy atom. The molecule has 2 rings (SSSR count). The van der Waals surface area contributed by atoms with Gasteiger partial charge in [-0.25, -0.2) is 4.98 Å². The van der Waals surface area contributed by atoms with Gasteiger partial charge in [0.1, 0.15) is 11.6 Å². The van der Waals surface area contributed by atoms with Crippen molar-refractivity contribution in [1.82, 2.24) is 9.55 Å². The first-order valence-corrected chi connectivity index (χ1v) is 5.81. The van der Waals surface area contributed by atoms with Crippen LogP contribution < -0.4 is 5.73 Å². The standard InChI is InChI=1S/C12H15N5/c13-8-11-16-5-7-17(11)6-3-10-2-1-4-12(10,15)9-14/h5,7,10H,1-4,6,15H2. The zero-order valence-corrected chi connectivity index (χ0v) is 9.63. The summed E-state index contributed by atoms with van der Waals surface area (Å²) in [7, 11) is 0. The maximum absolute atomic E-state index is 9.11. The second-order valence-corrected chi connectivity index (χ2v) is 4.59. The fourth-order valence-corrected chi connectivity index (χ4v) is 2.55. The van der Waals surface area contributed by atoms with Crippen molar-refractivity contribution in [3.8, 4) is 12.1 Å². The molecule has 17 heavy (non-hydrogen) atoms. The Kier molecular flexibility index (Phi) is 3.12. The van der Waals surface area contributed by atoms with Gasteiger partial charge in [-0.15, -0.1) is 0 Å². The van der Waals surface area contributed by atoms with Gasteiger partial charge in [0.2, 0.25) is 5.82 Å². The molecule has 1 saturated carbocycles. The zero-order chi connectivity index (χ0) is 12.3. The molecule has 0 spiro atoms. The van der Waals surface area contributed by atoms with E-state index in [1.807, 2.05) is 10.6 Å². The van der Waals surface area contributed by atoms with E-state index in [0.29, 0.717) is 12.4 Å². The van der Waals surface area contributed by atoms with Crippen LogP contribution in [-0.4, -0.2) is 15.1 Å². The van der Waals surface area contributed by atoms with Gasteiger partial charge in [0.15, 0.2) is 0 Å². The molecule has 0 aliphatic heterocycles. The van der Waals surface area contributed by atoms with E-state index in [-0.39, 0.29) is 5.92 Å². The molecule has 1 aromatic heterocycles. The summed E-state index contributed by atoms with van der Waals surface area (Å²) in [5, 5.41) is 17.9. The first kappa shape index (κ1) is 11.6. The van der Waals surface area contributed by atoms with Crippen LogP contribution in [0.2, 0.25) is 0 Å². The SMILES string of the molecule is N#Cc1nccn1CCC1CCCC1(N)C#N. The van der Waals surface area contributed by atoms with Crippen LogP contribution in [-0.2, 0) is 6.54 Å². The summed E-state index contributed by atoms with van der Waals surface area (Å²) in [6, 6.07) is 4.28. The molecule has 1 aliphatic carbocycles. The maximum atomic E-state index is 9.11. The van der Waals surface area contributed by atoms with E-state index in [2.05, 4.69) is 11.1 Å². The Bertz CT molecular complexity index is 478. The minimum absolute atomic E-state index is 0.224. The van der Waals surface area contributed by atoms with Crippen LogP contribution in [0.4, 0.5) is 0 Å². The van der Waals surface area contributed by atoms with Gasteiger partial charge in [-0.2, -0.15) is 10.5 Å². The Balaban J connectivity index is 2.00. The van der Waals surface area contributed by atoms with Crippen molar-refractivity contribution in [2.45, 2.75) is 37.8 Å². The van der Waals surface area contributed by atoms with E-state index in [1.165, 1.54) is 0 Å². The second kappa shape index (κ2) is 4.57. The molecule has 0 radical (unpaired) electrons. The average Bonchev–Trinajstić information content (AvgIpc) is 2.93. The predicted molar refractivity (Wildman–Crippen MR) is 61.4 cm³/mol. The van der Waals surface area contributed by atoms with Gasteiger partial charge in [-0.3, -0.25) is 0 Å². The van der Waals surface area contributed by atoms with E-state index >= 15 is 0 Å². The summed E-state index contributed by atoms with van der Waals surface area (Å²) in [6.07, 6.45) is 7.04. The van der Waals surface area contributed by atoms with E-state index < -0.39 is 5.54 Å². The van der Waals surface area contributed by atoms with E-state index in [9.17, 15) is 0 Å². The molecule has 2 N–H and O–H groups in total. The first-order valence-electron chi connectivity index (χ1n) is 5.81. The van der Waals surface area contributed by atoms with Crippen molar-refractivity contribution < 1.29 is 0 Å². The fourth-order valence-electron chi connectivity index (χ4n) is 2.55. The highest BCUT2D eigenvalue weighted by Crippen LogP contribution is 2.35. The van der Waals surface area contributed by atoms with Gasteiger partial charge in [-0.05, 0) is 25.2 Å². The average molecular weight is 229 g/mol. The highest BCUT2D eigenvalue weighted by molar-refractivity contribution is 5.13. The molecule has 2 unspecified atom stereocenters. The quantitative estimate of drug-likeness (QED) is 0.842. The lowest BCUT2D eigenvalue weighted by molar-refractivity contribution is 0.353. The predicted octanol–water partition coefficient (Wildman–Crippen LogP) is 1.17. The summed E-state index contributed by atoms with van der Waals surface area (Å²) >= 11 is 0. The van der Waals surface area contributed by atoms with Gasteiger partial charge < -0.3 is 10.3 Å². The molecule has 5 heteroatoms. The molecule has 1 fully saturated rings. The number of nitriles is 2. The van der Waals surface area contributed by atoms with Gasteiger partial charge in [0.25, 0.3) is 0 Å². The van der Waals surface area contributed by atoms with Crippen LogP contribution >= 0.6 is 0 Å². The maximum Gasteiger partial charge on any atom is 0.212 e. The zero-order valence-electron chi connectivity index (χ0n) is 9.63. The number of imidazole rings is 1. The molecule has 0 amide bonds. The molecule has 1 aromatic rings. The summed E-state index contributed by atoms with van der Waals surface area (Å²) in [4.78, 5) is 3.94. The normalized spacial score (nSPS) is 27.6. The summed E-state index contributed by atoms with van der Waals surface area (Å²) in [6.45, 7) is 0.703. The summed E-state index contributed by atoms with van der Waals surface area (Å²) in [5.74, 6) is 0.643. The molecule has 0 aromatic carbocycles. The largest absolute Gasteiger partial charge is 0.323 e. The Morgan fingerprint density at radius 2 is 2.41 bits per heavy atom. The Labute approximate surface area is 100 Å². The van der Waals surface area contributed by atoms with Crippen LogP contribution in [0.1, 0.15) is 31.5 Å². The van der Waals surface area contributed by atoms with Crippen molar-refractivity contribution in [3.05, 3.63) is 18.2 Å². The molecule has 5 nitrogen and oxygen atoms in total. The number of nitrogens with zero attached hydrogens (tertiary/aromatic N) is 4. The van der Waals surface area contributed by atoms with Crippen LogP contribution in [0.5, 0.6) is 0 Å². The molecular weight excluding hydrogens is 214 g/mol. The molecule has 0 saturated heterocycles. The number of hydrogen-bond acceptors (Lipinski definition) is 4. The topological polar surface area (TPSA) is 91.4 Å². The van der Waals surface area contributed by atoms with Crippen molar-refractivity contribution >= 4 is 0 Å².